The second-order valence-corrected chi connectivity index (χ2v) is 4.91. The molecule has 0 spiro atoms. The number of carboxylic acid groups (broad SMARTS) is 1. The van der Waals surface area contributed by atoms with Gasteiger partial charge in [-0.25, -0.2) is 4.79 Å². The van der Waals surface area contributed by atoms with Crippen molar-refractivity contribution in [2.45, 2.75) is 32.4 Å². The van der Waals surface area contributed by atoms with Gasteiger partial charge in [-0.05, 0) is 43.2 Å². The fourth-order valence-electron chi connectivity index (χ4n) is 2.02. The van der Waals surface area contributed by atoms with Gasteiger partial charge in [-0.3, -0.25) is 0 Å². The van der Waals surface area contributed by atoms with Crippen LogP contribution in [0.2, 0.25) is 0 Å². The minimum absolute atomic E-state index is 0.326. The zero-order valence-corrected chi connectivity index (χ0v) is 11.5. The summed E-state index contributed by atoms with van der Waals surface area (Å²) >= 11 is 0. The van der Waals surface area contributed by atoms with E-state index >= 15 is 0 Å². The van der Waals surface area contributed by atoms with Gasteiger partial charge in [-0.2, -0.15) is 0 Å². The van der Waals surface area contributed by atoms with E-state index < -0.39 is 5.97 Å². The summed E-state index contributed by atoms with van der Waals surface area (Å²) < 4.78 is 5.30. The molecule has 0 radical (unpaired) electrons. The molecule has 1 aromatic carbocycles. The van der Waals surface area contributed by atoms with Crippen LogP contribution in [-0.2, 0) is 13.0 Å². The third-order valence-corrected chi connectivity index (χ3v) is 3.23. The number of aromatic carboxylic acids is 1. The Kier molecular flexibility index (Phi) is 4.96. The van der Waals surface area contributed by atoms with Crippen molar-refractivity contribution in [1.29, 1.82) is 0 Å². The molecule has 1 unspecified atom stereocenters. The molecule has 0 saturated carbocycles. The van der Waals surface area contributed by atoms with E-state index in [1.807, 2.05) is 18.2 Å². The molecule has 2 aromatic rings. The molecule has 1 atom stereocenters. The van der Waals surface area contributed by atoms with Crippen molar-refractivity contribution >= 4 is 5.97 Å². The van der Waals surface area contributed by atoms with Crippen LogP contribution in [0.15, 0.2) is 47.1 Å². The van der Waals surface area contributed by atoms with E-state index in [1.54, 1.807) is 24.5 Å². The zero-order chi connectivity index (χ0) is 14.4. The maximum absolute atomic E-state index is 10.9. The third kappa shape index (κ3) is 4.24. The van der Waals surface area contributed by atoms with Crippen molar-refractivity contribution < 1.29 is 14.3 Å². The highest BCUT2D eigenvalue weighted by Crippen LogP contribution is 2.08. The van der Waals surface area contributed by atoms with Crippen molar-refractivity contribution in [2.75, 3.05) is 0 Å². The SMILES string of the molecule is CC(CCc1ccco1)NCc1cccc(C(=O)O)c1. The van der Waals surface area contributed by atoms with Gasteiger partial charge in [-0.15, -0.1) is 0 Å². The quantitative estimate of drug-likeness (QED) is 0.813. The summed E-state index contributed by atoms with van der Waals surface area (Å²) in [5, 5.41) is 12.3. The van der Waals surface area contributed by atoms with Crippen LogP contribution in [0.4, 0.5) is 0 Å². The van der Waals surface area contributed by atoms with Crippen LogP contribution in [0.25, 0.3) is 0 Å². The first kappa shape index (κ1) is 14.3. The third-order valence-electron chi connectivity index (χ3n) is 3.23. The van der Waals surface area contributed by atoms with Crippen molar-refractivity contribution in [3.63, 3.8) is 0 Å². The fraction of sp³-hybridized carbons (Fsp3) is 0.312. The Hall–Kier alpha value is -2.07. The molecule has 1 aromatic heterocycles. The smallest absolute Gasteiger partial charge is 0.335 e. The number of carboxylic acids is 1. The molecule has 0 amide bonds. The lowest BCUT2D eigenvalue weighted by Crippen LogP contribution is -2.26. The molecule has 1 heterocycles. The number of carbonyl (C=O) groups is 1. The van der Waals surface area contributed by atoms with E-state index in [0.29, 0.717) is 18.2 Å². The minimum atomic E-state index is -0.891. The second kappa shape index (κ2) is 6.91. The number of rotatable bonds is 7. The minimum Gasteiger partial charge on any atom is -0.478 e. The lowest BCUT2D eigenvalue weighted by Gasteiger charge is -2.13. The topological polar surface area (TPSA) is 62.5 Å². The molecule has 20 heavy (non-hydrogen) atoms. The van der Waals surface area contributed by atoms with E-state index in [2.05, 4.69) is 12.2 Å². The summed E-state index contributed by atoms with van der Waals surface area (Å²) in [7, 11) is 0. The van der Waals surface area contributed by atoms with Gasteiger partial charge in [-0.1, -0.05) is 12.1 Å². The Labute approximate surface area is 118 Å². The Morgan fingerprint density at radius 3 is 2.90 bits per heavy atom. The summed E-state index contributed by atoms with van der Waals surface area (Å²) in [6.45, 7) is 2.78. The average Bonchev–Trinajstić information content (AvgIpc) is 2.96. The molecule has 2 rings (SSSR count). The Bertz CT molecular complexity index is 549. The summed E-state index contributed by atoms with van der Waals surface area (Å²) in [5.74, 6) is 0.101. The summed E-state index contributed by atoms with van der Waals surface area (Å²) in [6, 6.07) is 11.2. The molecule has 4 nitrogen and oxygen atoms in total. The number of benzene rings is 1. The molecule has 2 N–H and O–H groups in total. The second-order valence-electron chi connectivity index (χ2n) is 4.91. The number of hydrogen-bond acceptors (Lipinski definition) is 3. The van der Waals surface area contributed by atoms with E-state index in [-0.39, 0.29) is 0 Å². The standard InChI is InChI=1S/C16H19NO3/c1-12(7-8-15-6-3-9-20-15)17-11-13-4-2-5-14(10-13)16(18)19/h2-6,9-10,12,17H,7-8,11H2,1H3,(H,18,19). The Morgan fingerprint density at radius 1 is 1.35 bits per heavy atom. The van der Waals surface area contributed by atoms with Gasteiger partial charge < -0.3 is 14.8 Å². The highest BCUT2D eigenvalue weighted by molar-refractivity contribution is 5.87. The van der Waals surface area contributed by atoms with Crippen LogP contribution in [0, 0.1) is 0 Å². The van der Waals surface area contributed by atoms with Gasteiger partial charge in [0.15, 0.2) is 0 Å². The summed E-state index contributed by atoms with van der Waals surface area (Å²) in [5.41, 5.74) is 1.31. The first-order valence-corrected chi connectivity index (χ1v) is 6.73. The van der Waals surface area contributed by atoms with Gasteiger partial charge in [0.25, 0.3) is 0 Å². The van der Waals surface area contributed by atoms with Crippen molar-refractivity contribution in [3.05, 3.63) is 59.5 Å². The van der Waals surface area contributed by atoms with Crippen molar-refractivity contribution in [3.8, 4) is 0 Å². The number of aryl methyl sites for hydroxylation is 1. The van der Waals surface area contributed by atoms with Crippen LogP contribution in [0.3, 0.4) is 0 Å². The van der Waals surface area contributed by atoms with Crippen LogP contribution in [0.1, 0.15) is 35.0 Å². The maximum Gasteiger partial charge on any atom is 0.335 e. The molecule has 106 valence electrons. The largest absolute Gasteiger partial charge is 0.478 e. The molecular formula is C16H19NO3. The summed E-state index contributed by atoms with van der Waals surface area (Å²) in [4.78, 5) is 10.9. The van der Waals surface area contributed by atoms with Gasteiger partial charge >= 0.3 is 5.97 Å². The molecule has 4 heteroatoms. The van der Waals surface area contributed by atoms with Crippen molar-refractivity contribution in [1.82, 2.24) is 5.32 Å². The molecule has 0 aliphatic rings. The fourth-order valence-corrected chi connectivity index (χ4v) is 2.02. The Morgan fingerprint density at radius 2 is 2.20 bits per heavy atom. The molecular weight excluding hydrogens is 254 g/mol. The number of hydrogen-bond donors (Lipinski definition) is 2. The number of furan rings is 1. The first-order valence-electron chi connectivity index (χ1n) is 6.73. The Balaban J connectivity index is 1.79. The zero-order valence-electron chi connectivity index (χ0n) is 11.5. The number of nitrogens with one attached hydrogen (secondary N) is 1. The predicted octanol–water partition coefficient (Wildman–Crippen LogP) is 3.09. The molecule has 0 aliphatic heterocycles. The maximum atomic E-state index is 10.9. The van der Waals surface area contributed by atoms with E-state index in [0.717, 1.165) is 24.2 Å². The molecule has 0 bridgehead atoms. The van der Waals surface area contributed by atoms with Gasteiger partial charge in [0.2, 0.25) is 0 Å². The van der Waals surface area contributed by atoms with Crippen LogP contribution < -0.4 is 5.32 Å². The highest BCUT2D eigenvalue weighted by atomic mass is 16.4. The molecule has 0 aliphatic carbocycles. The summed E-state index contributed by atoms with van der Waals surface area (Å²) in [6.07, 6.45) is 3.56. The van der Waals surface area contributed by atoms with E-state index in [4.69, 9.17) is 9.52 Å². The molecule has 0 saturated heterocycles. The van der Waals surface area contributed by atoms with Crippen molar-refractivity contribution in [2.24, 2.45) is 0 Å². The lowest BCUT2D eigenvalue weighted by atomic mass is 10.1. The van der Waals surface area contributed by atoms with Crippen LogP contribution in [-0.4, -0.2) is 17.1 Å². The van der Waals surface area contributed by atoms with E-state index in [1.165, 1.54) is 0 Å². The van der Waals surface area contributed by atoms with Gasteiger partial charge in [0.05, 0.1) is 11.8 Å². The highest BCUT2D eigenvalue weighted by Gasteiger charge is 2.06. The van der Waals surface area contributed by atoms with Gasteiger partial charge in [0.1, 0.15) is 5.76 Å². The normalized spacial score (nSPS) is 12.2. The van der Waals surface area contributed by atoms with Crippen LogP contribution in [0.5, 0.6) is 0 Å². The van der Waals surface area contributed by atoms with Gasteiger partial charge in [0, 0.05) is 19.0 Å². The lowest BCUT2D eigenvalue weighted by molar-refractivity contribution is 0.0696. The van der Waals surface area contributed by atoms with E-state index in [9.17, 15) is 4.79 Å². The molecule has 0 fully saturated rings. The van der Waals surface area contributed by atoms with Crippen LogP contribution >= 0.6 is 0 Å². The first-order chi connectivity index (χ1) is 9.65. The predicted molar refractivity (Wildman–Crippen MR) is 76.7 cm³/mol. The average molecular weight is 273 g/mol. The monoisotopic (exact) mass is 273 g/mol.